The summed E-state index contributed by atoms with van der Waals surface area (Å²) in [6.45, 7) is 1.32. The summed E-state index contributed by atoms with van der Waals surface area (Å²) in [5.41, 5.74) is 2.12. The van der Waals surface area contributed by atoms with Crippen LogP contribution in [0.1, 0.15) is 24.1 Å². The van der Waals surface area contributed by atoms with E-state index in [1.807, 2.05) is 42.5 Å². The fraction of sp³-hybridized carbons (Fsp3) is 0.353. The SMILES string of the molecule is COc1ccc(COc2cccc(CNC3CC3)n2)cc1. The minimum absolute atomic E-state index is 0.510. The van der Waals surface area contributed by atoms with Crippen molar-refractivity contribution in [2.45, 2.75) is 32.0 Å². The zero-order valence-electron chi connectivity index (χ0n) is 12.2. The van der Waals surface area contributed by atoms with Crippen LogP contribution in [0.2, 0.25) is 0 Å². The molecule has 1 aliphatic rings. The number of nitrogens with one attached hydrogen (secondary N) is 1. The Labute approximate surface area is 125 Å². The molecular formula is C17H20N2O2. The van der Waals surface area contributed by atoms with Crippen LogP contribution in [0.15, 0.2) is 42.5 Å². The minimum atomic E-state index is 0.510. The molecule has 1 aliphatic carbocycles. The van der Waals surface area contributed by atoms with Crippen LogP contribution in [0.25, 0.3) is 0 Å². The molecule has 0 saturated heterocycles. The van der Waals surface area contributed by atoms with Gasteiger partial charge < -0.3 is 14.8 Å². The van der Waals surface area contributed by atoms with E-state index in [-0.39, 0.29) is 0 Å². The molecular weight excluding hydrogens is 264 g/mol. The number of methoxy groups -OCH3 is 1. The number of pyridine rings is 1. The molecule has 0 amide bonds. The summed E-state index contributed by atoms with van der Waals surface area (Å²) in [7, 11) is 1.66. The van der Waals surface area contributed by atoms with Crippen LogP contribution in [-0.2, 0) is 13.2 Å². The lowest BCUT2D eigenvalue weighted by molar-refractivity contribution is 0.292. The lowest BCUT2D eigenvalue weighted by atomic mass is 10.2. The van der Waals surface area contributed by atoms with Crippen molar-refractivity contribution in [2.75, 3.05) is 7.11 Å². The van der Waals surface area contributed by atoms with Crippen molar-refractivity contribution in [1.29, 1.82) is 0 Å². The van der Waals surface area contributed by atoms with Crippen molar-refractivity contribution in [3.05, 3.63) is 53.7 Å². The van der Waals surface area contributed by atoms with Gasteiger partial charge in [-0.15, -0.1) is 0 Å². The molecule has 1 saturated carbocycles. The summed E-state index contributed by atoms with van der Waals surface area (Å²) >= 11 is 0. The summed E-state index contributed by atoms with van der Waals surface area (Å²) in [6.07, 6.45) is 2.57. The molecule has 0 aliphatic heterocycles. The number of rotatable bonds is 7. The number of ether oxygens (including phenoxy) is 2. The Morgan fingerprint density at radius 2 is 1.95 bits per heavy atom. The summed E-state index contributed by atoms with van der Waals surface area (Å²) in [4.78, 5) is 4.51. The summed E-state index contributed by atoms with van der Waals surface area (Å²) < 4.78 is 10.9. The van der Waals surface area contributed by atoms with Gasteiger partial charge in [0.2, 0.25) is 5.88 Å². The summed E-state index contributed by atoms with van der Waals surface area (Å²) in [5.74, 6) is 1.52. The molecule has 1 aromatic carbocycles. The summed E-state index contributed by atoms with van der Waals surface area (Å²) in [5, 5.41) is 3.45. The van der Waals surface area contributed by atoms with E-state index in [9.17, 15) is 0 Å². The van der Waals surface area contributed by atoms with Crippen LogP contribution in [-0.4, -0.2) is 18.1 Å². The van der Waals surface area contributed by atoms with Crippen molar-refractivity contribution >= 4 is 0 Å². The van der Waals surface area contributed by atoms with E-state index in [0.29, 0.717) is 18.5 Å². The maximum atomic E-state index is 5.75. The van der Waals surface area contributed by atoms with Gasteiger partial charge in [0, 0.05) is 18.7 Å². The number of hydrogen-bond acceptors (Lipinski definition) is 4. The van der Waals surface area contributed by atoms with E-state index < -0.39 is 0 Å². The molecule has 0 unspecified atom stereocenters. The third kappa shape index (κ3) is 4.20. The molecule has 1 fully saturated rings. The Balaban J connectivity index is 1.54. The van der Waals surface area contributed by atoms with Gasteiger partial charge >= 0.3 is 0 Å². The standard InChI is InChI=1S/C17H20N2O2/c1-20-16-9-5-13(6-10-16)12-21-17-4-2-3-15(19-17)11-18-14-7-8-14/h2-6,9-10,14,18H,7-8,11-12H2,1H3. The second kappa shape index (κ2) is 6.59. The zero-order valence-corrected chi connectivity index (χ0v) is 12.2. The normalized spacial score (nSPS) is 14.0. The summed E-state index contributed by atoms with van der Waals surface area (Å²) in [6, 6.07) is 14.5. The van der Waals surface area contributed by atoms with Crippen molar-refractivity contribution in [3.8, 4) is 11.6 Å². The lowest BCUT2D eigenvalue weighted by Crippen LogP contribution is -2.16. The maximum Gasteiger partial charge on any atom is 0.213 e. The first-order chi connectivity index (χ1) is 10.3. The largest absolute Gasteiger partial charge is 0.497 e. The highest BCUT2D eigenvalue weighted by molar-refractivity contribution is 5.27. The van der Waals surface area contributed by atoms with E-state index >= 15 is 0 Å². The van der Waals surface area contributed by atoms with Gasteiger partial charge in [0.05, 0.1) is 12.8 Å². The molecule has 2 aromatic rings. The molecule has 1 aromatic heterocycles. The molecule has 21 heavy (non-hydrogen) atoms. The minimum Gasteiger partial charge on any atom is -0.497 e. The van der Waals surface area contributed by atoms with Crippen LogP contribution in [0.3, 0.4) is 0 Å². The van der Waals surface area contributed by atoms with E-state index in [1.165, 1.54) is 12.8 Å². The highest BCUT2D eigenvalue weighted by Gasteiger charge is 2.20. The molecule has 4 heteroatoms. The van der Waals surface area contributed by atoms with Crippen LogP contribution >= 0.6 is 0 Å². The van der Waals surface area contributed by atoms with E-state index in [4.69, 9.17) is 9.47 Å². The Hall–Kier alpha value is -2.07. The Morgan fingerprint density at radius 3 is 2.67 bits per heavy atom. The van der Waals surface area contributed by atoms with Gasteiger partial charge in [-0.2, -0.15) is 0 Å². The third-order valence-corrected chi connectivity index (χ3v) is 3.48. The first kappa shape index (κ1) is 13.9. The number of benzene rings is 1. The molecule has 0 radical (unpaired) electrons. The number of nitrogens with zero attached hydrogens (tertiary/aromatic N) is 1. The third-order valence-electron chi connectivity index (χ3n) is 3.48. The van der Waals surface area contributed by atoms with Crippen molar-refractivity contribution in [3.63, 3.8) is 0 Å². The topological polar surface area (TPSA) is 43.4 Å². The van der Waals surface area contributed by atoms with Crippen LogP contribution in [0.4, 0.5) is 0 Å². The second-order valence-corrected chi connectivity index (χ2v) is 5.26. The molecule has 3 rings (SSSR count). The van der Waals surface area contributed by atoms with Gasteiger partial charge in [0.15, 0.2) is 0 Å². The van der Waals surface area contributed by atoms with Crippen molar-refractivity contribution in [1.82, 2.24) is 10.3 Å². The van der Waals surface area contributed by atoms with Crippen molar-refractivity contribution < 1.29 is 9.47 Å². The van der Waals surface area contributed by atoms with E-state index in [1.54, 1.807) is 7.11 Å². The maximum absolute atomic E-state index is 5.75. The lowest BCUT2D eigenvalue weighted by Gasteiger charge is -2.08. The average Bonchev–Trinajstić information content (AvgIpc) is 3.36. The quantitative estimate of drug-likeness (QED) is 0.849. The van der Waals surface area contributed by atoms with Crippen molar-refractivity contribution in [2.24, 2.45) is 0 Å². The number of aromatic nitrogens is 1. The molecule has 4 nitrogen and oxygen atoms in total. The molecule has 0 bridgehead atoms. The van der Waals surface area contributed by atoms with Gasteiger partial charge in [-0.05, 0) is 36.6 Å². The van der Waals surface area contributed by atoms with Crippen LogP contribution in [0, 0.1) is 0 Å². The highest BCUT2D eigenvalue weighted by atomic mass is 16.5. The van der Waals surface area contributed by atoms with Gasteiger partial charge in [-0.3, -0.25) is 0 Å². The van der Waals surface area contributed by atoms with Gasteiger partial charge in [0.25, 0.3) is 0 Å². The predicted molar refractivity (Wildman–Crippen MR) is 81.4 cm³/mol. The second-order valence-electron chi connectivity index (χ2n) is 5.26. The fourth-order valence-electron chi connectivity index (χ4n) is 2.05. The van der Waals surface area contributed by atoms with Gasteiger partial charge in [0.1, 0.15) is 12.4 Å². The van der Waals surface area contributed by atoms with Crippen LogP contribution in [0.5, 0.6) is 11.6 Å². The van der Waals surface area contributed by atoms with Gasteiger partial charge in [-0.25, -0.2) is 4.98 Å². The number of hydrogen-bond donors (Lipinski definition) is 1. The predicted octanol–water partition coefficient (Wildman–Crippen LogP) is 2.92. The van der Waals surface area contributed by atoms with E-state index in [2.05, 4.69) is 10.3 Å². The Kier molecular flexibility index (Phi) is 4.36. The molecule has 1 heterocycles. The Bertz CT molecular complexity index is 580. The molecule has 0 spiro atoms. The van der Waals surface area contributed by atoms with Crippen LogP contribution < -0.4 is 14.8 Å². The first-order valence-electron chi connectivity index (χ1n) is 7.28. The molecule has 110 valence electrons. The zero-order chi connectivity index (χ0) is 14.5. The van der Waals surface area contributed by atoms with E-state index in [0.717, 1.165) is 23.6 Å². The first-order valence-corrected chi connectivity index (χ1v) is 7.28. The Morgan fingerprint density at radius 1 is 1.14 bits per heavy atom. The molecule has 0 atom stereocenters. The highest BCUT2D eigenvalue weighted by Crippen LogP contribution is 2.19. The monoisotopic (exact) mass is 284 g/mol. The van der Waals surface area contributed by atoms with Gasteiger partial charge in [-0.1, -0.05) is 18.2 Å². The molecule has 1 N–H and O–H groups in total. The average molecular weight is 284 g/mol. The fourth-order valence-corrected chi connectivity index (χ4v) is 2.05. The smallest absolute Gasteiger partial charge is 0.213 e.